The van der Waals surface area contributed by atoms with E-state index in [0.717, 1.165) is 6.92 Å². The molecule has 13 heteroatoms. The molecule has 2 aromatic rings. The highest BCUT2D eigenvalue weighted by atomic mass is 79.9. The molecule has 0 aliphatic carbocycles. The van der Waals surface area contributed by atoms with Crippen LogP contribution in [-0.2, 0) is 17.5 Å². The highest BCUT2D eigenvalue weighted by Crippen LogP contribution is 2.35. The molecule has 1 N–H and O–H groups in total. The lowest BCUT2D eigenvalue weighted by Crippen LogP contribution is -2.23. The Hall–Kier alpha value is -2.18. The van der Waals surface area contributed by atoms with Gasteiger partial charge in [0, 0.05) is 0 Å². The number of nitrogens with zero attached hydrogens (tertiary/aromatic N) is 2. The average Bonchev–Trinajstić information content (AvgIpc) is 2.83. The zero-order valence-corrected chi connectivity index (χ0v) is 14.0. The summed E-state index contributed by atoms with van der Waals surface area (Å²) in [5, 5.41) is 4.58. The predicted octanol–water partition coefficient (Wildman–Crippen LogP) is 4.31. The number of anilines is 1. The molecule has 0 saturated heterocycles. The van der Waals surface area contributed by atoms with Crippen LogP contribution in [0.2, 0.25) is 0 Å². The summed E-state index contributed by atoms with van der Waals surface area (Å²) in [6.45, 7) is 0.192. The third-order valence-corrected chi connectivity index (χ3v) is 4.12. The number of hydrogen-bond acceptors (Lipinski definition) is 2. The number of carbonyl (C=O) groups excluding carboxylic acids is 1. The fraction of sp³-hybridized carbons (Fsp3) is 0.231. The van der Waals surface area contributed by atoms with E-state index in [1.165, 1.54) is 5.32 Å². The first-order chi connectivity index (χ1) is 11.9. The predicted molar refractivity (Wildman–Crippen MR) is 74.5 cm³/mol. The molecular weight excluding hydrogens is 446 g/mol. The van der Waals surface area contributed by atoms with Crippen LogP contribution in [-0.4, -0.2) is 15.7 Å². The van der Waals surface area contributed by atoms with Crippen LogP contribution in [0.15, 0.2) is 4.47 Å². The van der Waals surface area contributed by atoms with Gasteiger partial charge in [-0.1, -0.05) is 0 Å². The Balaban J connectivity index is 2.32. The van der Waals surface area contributed by atoms with E-state index in [9.17, 15) is 39.9 Å². The summed E-state index contributed by atoms with van der Waals surface area (Å²) in [5.41, 5.74) is -3.12. The summed E-state index contributed by atoms with van der Waals surface area (Å²) in [6.07, 6.45) is -4.84. The molecule has 0 saturated carbocycles. The fourth-order valence-electron chi connectivity index (χ4n) is 1.89. The van der Waals surface area contributed by atoms with Gasteiger partial charge in [0.05, 0.1) is 10.2 Å². The molecule has 4 nitrogen and oxygen atoms in total. The van der Waals surface area contributed by atoms with Gasteiger partial charge >= 0.3 is 6.18 Å². The van der Waals surface area contributed by atoms with Crippen LogP contribution in [0.5, 0.6) is 0 Å². The van der Waals surface area contributed by atoms with Crippen LogP contribution in [0.4, 0.5) is 40.8 Å². The molecule has 0 aliphatic heterocycles. The number of hydrogen-bond donors (Lipinski definition) is 1. The Labute approximate surface area is 147 Å². The Kier molecular flexibility index (Phi) is 5.31. The smallest absolute Gasteiger partial charge is 0.319 e. The second-order valence-electron chi connectivity index (χ2n) is 4.90. The Morgan fingerprint density at radius 2 is 1.50 bits per heavy atom. The number of halogens is 9. The van der Waals surface area contributed by atoms with E-state index in [4.69, 9.17) is 0 Å². The van der Waals surface area contributed by atoms with Gasteiger partial charge in [-0.25, -0.2) is 22.0 Å². The number of rotatable bonds is 3. The number of amides is 1. The molecule has 142 valence electrons. The highest BCUT2D eigenvalue weighted by Gasteiger charge is 2.38. The summed E-state index contributed by atoms with van der Waals surface area (Å²) in [7, 11) is 0. The van der Waals surface area contributed by atoms with Gasteiger partial charge in [-0.2, -0.15) is 18.3 Å². The van der Waals surface area contributed by atoms with Crippen LogP contribution in [0, 0.1) is 36.0 Å². The van der Waals surface area contributed by atoms with Crippen LogP contribution in [0.1, 0.15) is 11.4 Å². The second-order valence-corrected chi connectivity index (χ2v) is 5.69. The zero-order chi connectivity index (χ0) is 20.0. The van der Waals surface area contributed by atoms with Crippen molar-refractivity contribution in [2.24, 2.45) is 0 Å². The van der Waals surface area contributed by atoms with Crippen molar-refractivity contribution in [1.29, 1.82) is 0 Å². The van der Waals surface area contributed by atoms with Crippen molar-refractivity contribution >= 4 is 27.5 Å². The van der Waals surface area contributed by atoms with Gasteiger partial charge in [-0.05, 0) is 22.9 Å². The van der Waals surface area contributed by atoms with E-state index < -0.39 is 63.6 Å². The van der Waals surface area contributed by atoms with Crippen molar-refractivity contribution in [3.63, 3.8) is 0 Å². The van der Waals surface area contributed by atoms with Gasteiger partial charge in [0.25, 0.3) is 0 Å². The van der Waals surface area contributed by atoms with Gasteiger partial charge in [0.15, 0.2) is 29.0 Å². The number of alkyl halides is 3. The first kappa shape index (κ1) is 20.1. The monoisotopic (exact) mass is 451 g/mol. The molecule has 0 bridgehead atoms. The molecule has 2 rings (SSSR count). The van der Waals surface area contributed by atoms with Crippen molar-refractivity contribution in [3.05, 3.63) is 44.9 Å². The highest BCUT2D eigenvalue weighted by molar-refractivity contribution is 9.10. The van der Waals surface area contributed by atoms with E-state index in [-0.39, 0.29) is 5.69 Å². The number of nitrogens with one attached hydrogen (secondary N) is 1. The number of benzene rings is 1. The van der Waals surface area contributed by atoms with Crippen LogP contribution < -0.4 is 5.32 Å². The quantitative estimate of drug-likeness (QED) is 0.429. The lowest BCUT2D eigenvalue weighted by molar-refractivity contribution is -0.142. The van der Waals surface area contributed by atoms with E-state index in [2.05, 4.69) is 21.0 Å². The topological polar surface area (TPSA) is 46.9 Å². The van der Waals surface area contributed by atoms with Crippen molar-refractivity contribution in [2.45, 2.75) is 19.6 Å². The van der Waals surface area contributed by atoms with E-state index in [1.807, 2.05) is 0 Å². The van der Waals surface area contributed by atoms with Crippen molar-refractivity contribution in [2.75, 3.05) is 5.32 Å². The number of aromatic nitrogens is 2. The van der Waals surface area contributed by atoms with Gasteiger partial charge in [0.1, 0.15) is 12.2 Å². The average molecular weight is 452 g/mol. The third-order valence-electron chi connectivity index (χ3n) is 3.17. The molecule has 0 spiro atoms. The van der Waals surface area contributed by atoms with E-state index >= 15 is 0 Å². The van der Waals surface area contributed by atoms with E-state index in [0.29, 0.717) is 4.68 Å². The fourth-order valence-corrected chi connectivity index (χ4v) is 2.40. The molecule has 0 atom stereocenters. The standard InChI is InChI=1S/C13H6BrF8N3O/c1-3-5(14)12(13(20,21)22)24-25(3)2-4(26)23-11-9(18)7(16)6(15)8(17)10(11)19/h2H2,1H3,(H,23,26). The Morgan fingerprint density at radius 1 is 1.04 bits per heavy atom. The zero-order valence-electron chi connectivity index (χ0n) is 12.4. The molecule has 26 heavy (non-hydrogen) atoms. The second kappa shape index (κ2) is 6.85. The Bertz CT molecular complexity index is 864. The summed E-state index contributed by atoms with van der Waals surface area (Å²) in [6, 6.07) is 0. The van der Waals surface area contributed by atoms with Crippen molar-refractivity contribution in [3.8, 4) is 0 Å². The van der Waals surface area contributed by atoms with Crippen LogP contribution >= 0.6 is 15.9 Å². The van der Waals surface area contributed by atoms with Crippen molar-refractivity contribution < 1.29 is 39.9 Å². The van der Waals surface area contributed by atoms with Gasteiger partial charge in [0.2, 0.25) is 11.7 Å². The van der Waals surface area contributed by atoms with Crippen LogP contribution in [0.25, 0.3) is 0 Å². The van der Waals surface area contributed by atoms with Crippen molar-refractivity contribution in [1.82, 2.24) is 9.78 Å². The van der Waals surface area contributed by atoms with Gasteiger partial charge in [-0.15, -0.1) is 0 Å². The lowest BCUT2D eigenvalue weighted by Gasteiger charge is -2.10. The SMILES string of the molecule is Cc1c(Br)c(C(F)(F)F)nn1CC(=O)Nc1c(F)c(F)c(F)c(F)c1F. The molecule has 1 amide bonds. The summed E-state index contributed by atoms with van der Waals surface area (Å²) < 4.78 is 104. The maximum atomic E-state index is 13.5. The minimum absolute atomic E-state index is 0.148. The lowest BCUT2D eigenvalue weighted by atomic mass is 10.2. The first-order valence-corrected chi connectivity index (χ1v) is 7.26. The van der Waals surface area contributed by atoms with Gasteiger partial charge < -0.3 is 5.32 Å². The Morgan fingerprint density at radius 3 is 1.92 bits per heavy atom. The normalized spacial score (nSPS) is 11.8. The maximum absolute atomic E-state index is 13.5. The molecule has 1 aromatic heterocycles. The molecule has 0 fully saturated rings. The van der Waals surface area contributed by atoms with E-state index in [1.54, 1.807) is 0 Å². The third kappa shape index (κ3) is 3.52. The largest absolute Gasteiger partial charge is 0.436 e. The minimum atomic E-state index is -4.84. The molecule has 1 aromatic carbocycles. The first-order valence-electron chi connectivity index (χ1n) is 6.47. The number of carbonyl (C=O) groups is 1. The molecule has 1 heterocycles. The molecule has 0 radical (unpaired) electrons. The molecule has 0 unspecified atom stereocenters. The molecule has 0 aliphatic rings. The molecular formula is C13H6BrF8N3O. The summed E-state index contributed by atoms with van der Waals surface area (Å²) in [4.78, 5) is 11.8. The van der Waals surface area contributed by atoms with Crippen LogP contribution in [0.3, 0.4) is 0 Å². The summed E-state index contributed by atoms with van der Waals surface area (Å²) >= 11 is 2.65. The van der Waals surface area contributed by atoms with Gasteiger partial charge in [-0.3, -0.25) is 9.48 Å². The summed E-state index contributed by atoms with van der Waals surface area (Å²) in [5.74, 6) is -12.9. The maximum Gasteiger partial charge on any atom is 0.436 e. The minimum Gasteiger partial charge on any atom is -0.319 e.